The SMILES string of the molecule is CCOc1ccc(/C=C2\SC(=O)N(CCOc3ccccc3)C2=O)cc1Br. The van der Waals surface area contributed by atoms with Crippen molar-refractivity contribution >= 4 is 44.9 Å². The summed E-state index contributed by atoms with van der Waals surface area (Å²) >= 11 is 4.39. The fraction of sp³-hybridized carbons (Fsp3) is 0.200. The van der Waals surface area contributed by atoms with E-state index in [1.54, 1.807) is 6.08 Å². The molecule has 0 atom stereocenters. The third kappa shape index (κ3) is 4.93. The number of carbonyl (C=O) groups is 2. The van der Waals surface area contributed by atoms with Gasteiger partial charge in [0.25, 0.3) is 11.1 Å². The Bertz CT molecular complexity index is 870. The van der Waals surface area contributed by atoms with Crippen LogP contribution in [0.4, 0.5) is 4.79 Å². The van der Waals surface area contributed by atoms with E-state index in [9.17, 15) is 9.59 Å². The Kier molecular flexibility index (Phi) is 6.58. The summed E-state index contributed by atoms with van der Waals surface area (Å²) in [6, 6.07) is 14.8. The minimum Gasteiger partial charge on any atom is -0.493 e. The molecular weight excluding hydrogens is 430 g/mol. The Balaban J connectivity index is 1.64. The molecule has 0 unspecified atom stereocenters. The number of nitrogens with zero attached hydrogens (tertiary/aromatic N) is 1. The second-order valence-corrected chi connectivity index (χ2v) is 7.47. The summed E-state index contributed by atoms with van der Waals surface area (Å²) in [6.45, 7) is 2.95. The maximum atomic E-state index is 12.5. The Labute approximate surface area is 170 Å². The van der Waals surface area contributed by atoms with Gasteiger partial charge >= 0.3 is 0 Å². The predicted octanol–water partition coefficient (Wildman–Crippen LogP) is 4.96. The van der Waals surface area contributed by atoms with Crippen LogP contribution in [0.5, 0.6) is 11.5 Å². The number of ether oxygens (including phenoxy) is 2. The summed E-state index contributed by atoms with van der Waals surface area (Å²) in [4.78, 5) is 26.3. The molecule has 0 radical (unpaired) electrons. The molecule has 1 heterocycles. The van der Waals surface area contributed by atoms with Gasteiger partial charge in [0, 0.05) is 0 Å². The van der Waals surface area contributed by atoms with Crippen LogP contribution >= 0.6 is 27.7 Å². The molecule has 1 fully saturated rings. The van der Waals surface area contributed by atoms with Crippen molar-refractivity contribution in [2.75, 3.05) is 19.8 Å². The number of benzene rings is 2. The fourth-order valence-electron chi connectivity index (χ4n) is 2.50. The van der Waals surface area contributed by atoms with Gasteiger partial charge in [0.2, 0.25) is 0 Å². The summed E-state index contributed by atoms with van der Waals surface area (Å²) in [6.07, 6.45) is 1.71. The van der Waals surface area contributed by atoms with Crippen LogP contribution < -0.4 is 9.47 Å². The Hall–Kier alpha value is -2.25. The Morgan fingerprint density at radius 2 is 1.89 bits per heavy atom. The number of amides is 2. The number of hydrogen-bond donors (Lipinski definition) is 0. The molecule has 2 amide bonds. The molecule has 0 spiro atoms. The first-order valence-corrected chi connectivity index (χ1v) is 10.0. The van der Waals surface area contributed by atoms with Crippen molar-refractivity contribution in [1.29, 1.82) is 0 Å². The Morgan fingerprint density at radius 1 is 1.11 bits per heavy atom. The van der Waals surface area contributed by atoms with Crippen LogP contribution in [0.25, 0.3) is 6.08 Å². The lowest BCUT2D eigenvalue weighted by atomic mass is 10.2. The van der Waals surface area contributed by atoms with Crippen molar-refractivity contribution < 1.29 is 19.1 Å². The van der Waals surface area contributed by atoms with E-state index in [4.69, 9.17) is 9.47 Å². The first kappa shape index (κ1) is 19.5. The quantitative estimate of drug-likeness (QED) is 0.561. The van der Waals surface area contributed by atoms with Crippen molar-refractivity contribution in [3.63, 3.8) is 0 Å². The van der Waals surface area contributed by atoms with Crippen LogP contribution in [0.3, 0.4) is 0 Å². The highest BCUT2D eigenvalue weighted by Gasteiger charge is 2.34. The fourth-order valence-corrected chi connectivity index (χ4v) is 3.87. The minimum absolute atomic E-state index is 0.212. The zero-order valence-corrected chi connectivity index (χ0v) is 17.1. The summed E-state index contributed by atoms with van der Waals surface area (Å²) in [7, 11) is 0. The van der Waals surface area contributed by atoms with Crippen molar-refractivity contribution in [3.8, 4) is 11.5 Å². The van der Waals surface area contributed by atoms with Gasteiger partial charge in [0.1, 0.15) is 18.1 Å². The molecule has 0 saturated carbocycles. The van der Waals surface area contributed by atoms with Crippen LogP contribution in [-0.4, -0.2) is 35.8 Å². The van der Waals surface area contributed by atoms with Crippen LogP contribution in [-0.2, 0) is 4.79 Å². The molecule has 0 aliphatic carbocycles. The number of imide groups is 1. The summed E-state index contributed by atoms with van der Waals surface area (Å²) in [5, 5.41) is -0.284. The van der Waals surface area contributed by atoms with Gasteiger partial charge in [-0.25, -0.2) is 0 Å². The van der Waals surface area contributed by atoms with Gasteiger partial charge in [0.15, 0.2) is 0 Å². The topological polar surface area (TPSA) is 55.8 Å². The third-order valence-electron chi connectivity index (χ3n) is 3.75. The average Bonchev–Trinajstić information content (AvgIpc) is 2.92. The molecule has 140 valence electrons. The standard InChI is InChI=1S/C20H18BrNO4S/c1-2-25-17-9-8-14(12-16(17)21)13-18-19(23)22(20(24)27-18)10-11-26-15-6-4-3-5-7-15/h3-9,12-13H,2,10-11H2,1H3/b18-13-. The number of para-hydroxylation sites is 1. The monoisotopic (exact) mass is 447 g/mol. The van der Waals surface area contributed by atoms with Crippen LogP contribution in [0.2, 0.25) is 0 Å². The van der Waals surface area contributed by atoms with E-state index in [1.807, 2.05) is 55.5 Å². The highest BCUT2D eigenvalue weighted by Crippen LogP contribution is 2.33. The molecule has 0 aromatic heterocycles. The second kappa shape index (κ2) is 9.10. The number of halogens is 1. The molecule has 0 N–H and O–H groups in total. The maximum Gasteiger partial charge on any atom is 0.293 e. The van der Waals surface area contributed by atoms with Gasteiger partial charge in [-0.2, -0.15) is 0 Å². The van der Waals surface area contributed by atoms with Gasteiger partial charge in [-0.1, -0.05) is 24.3 Å². The lowest BCUT2D eigenvalue weighted by molar-refractivity contribution is -0.123. The normalized spacial score (nSPS) is 15.5. The third-order valence-corrected chi connectivity index (χ3v) is 5.28. The molecule has 7 heteroatoms. The number of carbonyl (C=O) groups excluding carboxylic acids is 2. The molecular formula is C20H18BrNO4S. The smallest absolute Gasteiger partial charge is 0.293 e. The van der Waals surface area contributed by atoms with E-state index >= 15 is 0 Å². The van der Waals surface area contributed by atoms with Gasteiger partial charge in [0.05, 0.1) is 22.5 Å². The average molecular weight is 448 g/mol. The largest absolute Gasteiger partial charge is 0.493 e. The lowest BCUT2D eigenvalue weighted by Crippen LogP contribution is -2.32. The predicted molar refractivity (Wildman–Crippen MR) is 110 cm³/mol. The highest BCUT2D eigenvalue weighted by atomic mass is 79.9. The summed E-state index contributed by atoms with van der Waals surface area (Å²) in [5.74, 6) is 1.15. The number of rotatable bonds is 7. The van der Waals surface area contributed by atoms with Gasteiger partial charge in [-0.3, -0.25) is 14.5 Å². The zero-order valence-electron chi connectivity index (χ0n) is 14.7. The minimum atomic E-state index is -0.299. The van der Waals surface area contributed by atoms with E-state index in [2.05, 4.69) is 15.9 Å². The zero-order chi connectivity index (χ0) is 19.2. The maximum absolute atomic E-state index is 12.5. The van der Waals surface area contributed by atoms with E-state index in [1.165, 1.54) is 4.90 Å². The molecule has 2 aromatic rings. The highest BCUT2D eigenvalue weighted by molar-refractivity contribution is 9.10. The van der Waals surface area contributed by atoms with E-state index in [0.717, 1.165) is 27.5 Å². The van der Waals surface area contributed by atoms with E-state index in [0.29, 0.717) is 17.3 Å². The molecule has 27 heavy (non-hydrogen) atoms. The van der Waals surface area contributed by atoms with Crippen molar-refractivity contribution in [1.82, 2.24) is 4.90 Å². The molecule has 1 aliphatic rings. The molecule has 2 aromatic carbocycles. The molecule has 1 aliphatic heterocycles. The van der Waals surface area contributed by atoms with Crippen molar-refractivity contribution in [2.24, 2.45) is 0 Å². The van der Waals surface area contributed by atoms with E-state index < -0.39 is 0 Å². The summed E-state index contributed by atoms with van der Waals surface area (Å²) < 4.78 is 11.9. The van der Waals surface area contributed by atoms with Crippen LogP contribution in [0, 0.1) is 0 Å². The Morgan fingerprint density at radius 3 is 2.59 bits per heavy atom. The van der Waals surface area contributed by atoms with Crippen LogP contribution in [0.1, 0.15) is 12.5 Å². The van der Waals surface area contributed by atoms with E-state index in [-0.39, 0.29) is 24.3 Å². The van der Waals surface area contributed by atoms with Gasteiger partial charge in [-0.05, 0) is 70.5 Å². The molecule has 0 bridgehead atoms. The molecule has 5 nitrogen and oxygen atoms in total. The number of hydrogen-bond acceptors (Lipinski definition) is 5. The first-order valence-electron chi connectivity index (χ1n) is 8.44. The number of thioether (sulfide) groups is 1. The van der Waals surface area contributed by atoms with Crippen LogP contribution in [0.15, 0.2) is 57.9 Å². The second-order valence-electron chi connectivity index (χ2n) is 5.62. The van der Waals surface area contributed by atoms with Crippen molar-refractivity contribution in [2.45, 2.75) is 6.92 Å². The summed E-state index contributed by atoms with van der Waals surface area (Å²) in [5.41, 5.74) is 0.816. The molecule has 1 saturated heterocycles. The van der Waals surface area contributed by atoms with Gasteiger partial charge < -0.3 is 9.47 Å². The lowest BCUT2D eigenvalue weighted by Gasteiger charge is -2.13. The molecule has 3 rings (SSSR count). The van der Waals surface area contributed by atoms with Crippen molar-refractivity contribution in [3.05, 3.63) is 63.5 Å². The van der Waals surface area contributed by atoms with Gasteiger partial charge in [-0.15, -0.1) is 0 Å². The first-order chi connectivity index (χ1) is 13.1.